The fraction of sp³-hybridized carbons (Fsp3) is 0.0556. The predicted octanol–water partition coefficient (Wildman–Crippen LogP) is 2.81. The third kappa shape index (κ3) is 2.51. The molecule has 2 heterocycles. The molecule has 0 bridgehead atoms. The van der Waals surface area contributed by atoms with Crippen molar-refractivity contribution >= 4 is 22.4 Å². The lowest BCUT2D eigenvalue weighted by molar-refractivity contribution is 0.625. The summed E-state index contributed by atoms with van der Waals surface area (Å²) < 4.78 is 15.4. The number of nitrogens with zero attached hydrogens (tertiary/aromatic N) is 3. The highest BCUT2D eigenvalue weighted by Gasteiger charge is 2.12. The third-order valence-corrected chi connectivity index (χ3v) is 4.64. The van der Waals surface area contributed by atoms with Crippen LogP contribution in [0.1, 0.15) is 11.1 Å². The van der Waals surface area contributed by atoms with E-state index in [0.717, 1.165) is 11.1 Å². The molecule has 0 aliphatic rings. The Morgan fingerprint density at radius 1 is 1.12 bits per heavy atom. The molecule has 2 aromatic carbocycles. The second kappa shape index (κ2) is 5.65. The second-order valence-corrected chi connectivity index (χ2v) is 6.44. The van der Waals surface area contributed by atoms with E-state index in [2.05, 4.69) is 10.1 Å². The van der Waals surface area contributed by atoms with E-state index in [9.17, 15) is 9.18 Å². The number of aryl methyl sites for hydroxylation is 1. The number of hydrogen-bond donors (Lipinski definition) is 0. The quantitative estimate of drug-likeness (QED) is 0.565. The molecule has 118 valence electrons. The highest BCUT2D eigenvalue weighted by molar-refractivity contribution is 7.15. The molecule has 0 N–H and O–H groups in total. The average molecular weight is 337 g/mol. The molecule has 24 heavy (non-hydrogen) atoms. The van der Waals surface area contributed by atoms with Gasteiger partial charge in [0.15, 0.2) is 5.82 Å². The van der Waals surface area contributed by atoms with Crippen LogP contribution in [0.3, 0.4) is 0 Å². The molecule has 0 aliphatic carbocycles. The van der Waals surface area contributed by atoms with E-state index in [1.165, 1.54) is 28.0 Å². The summed E-state index contributed by atoms with van der Waals surface area (Å²) in [6.07, 6.45) is 1.53. The molecule has 4 nitrogen and oxygen atoms in total. The summed E-state index contributed by atoms with van der Waals surface area (Å²) in [4.78, 5) is 17.4. The molecule has 2 aromatic heterocycles. The Balaban J connectivity index is 1.83. The normalized spacial score (nSPS) is 12.2. The standard InChI is InChI=1S/C18H12FN3OS/c1-11-6-8-12(9-7-11)16-20-18-22(21-16)17(23)15(24-18)10-13-4-2-3-5-14(13)19/h2-10H,1H3/b15-10-. The molecule has 0 unspecified atom stereocenters. The van der Waals surface area contributed by atoms with Crippen LogP contribution in [0, 0.1) is 12.7 Å². The van der Waals surface area contributed by atoms with Gasteiger partial charge in [0, 0.05) is 11.1 Å². The van der Waals surface area contributed by atoms with Crippen LogP contribution in [0.5, 0.6) is 0 Å². The van der Waals surface area contributed by atoms with Gasteiger partial charge >= 0.3 is 0 Å². The van der Waals surface area contributed by atoms with Crippen LogP contribution < -0.4 is 10.1 Å². The molecule has 6 heteroatoms. The van der Waals surface area contributed by atoms with Gasteiger partial charge in [-0.2, -0.15) is 9.50 Å². The van der Waals surface area contributed by atoms with Crippen molar-refractivity contribution in [2.24, 2.45) is 0 Å². The van der Waals surface area contributed by atoms with Crippen molar-refractivity contribution in [2.75, 3.05) is 0 Å². The molecule has 0 spiro atoms. The third-order valence-electron chi connectivity index (χ3n) is 3.68. The van der Waals surface area contributed by atoms with Crippen LogP contribution >= 0.6 is 11.3 Å². The molecule has 4 aromatic rings. The van der Waals surface area contributed by atoms with E-state index in [1.54, 1.807) is 18.2 Å². The molecule has 0 aliphatic heterocycles. The van der Waals surface area contributed by atoms with Gasteiger partial charge in [-0.3, -0.25) is 4.79 Å². The number of hydrogen-bond acceptors (Lipinski definition) is 4. The lowest BCUT2D eigenvalue weighted by atomic mass is 10.1. The first-order valence-electron chi connectivity index (χ1n) is 7.35. The summed E-state index contributed by atoms with van der Waals surface area (Å²) in [6.45, 7) is 2.00. The van der Waals surface area contributed by atoms with E-state index in [0.29, 0.717) is 20.9 Å². The summed E-state index contributed by atoms with van der Waals surface area (Å²) in [6, 6.07) is 14.1. The van der Waals surface area contributed by atoms with Gasteiger partial charge in [0.1, 0.15) is 5.82 Å². The van der Waals surface area contributed by atoms with Gasteiger partial charge in [0.25, 0.3) is 5.56 Å². The van der Waals surface area contributed by atoms with Crippen LogP contribution in [-0.4, -0.2) is 14.6 Å². The van der Waals surface area contributed by atoms with Crippen molar-refractivity contribution in [3.63, 3.8) is 0 Å². The number of halogens is 1. The van der Waals surface area contributed by atoms with E-state index in [1.807, 2.05) is 31.2 Å². The molecule has 0 fully saturated rings. The molecule has 4 rings (SSSR count). The zero-order chi connectivity index (χ0) is 16.7. The summed E-state index contributed by atoms with van der Waals surface area (Å²) in [7, 11) is 0. The Hall–Kier alpha value is -2.86. The second-order valence-electron chi connectivity index (χ2n) is 5.43. The first-order chi connectivity index (χ1) is 11.6. The van der Waals surface area contributed by atoms with Crippen molar-refractivity contribution < 1.29 is 4.39 Å². The highest BCUT2D eigenvalue weighted by atomic mass is 32.1. The minimum absolute atomic E-state index is 0.288. The van der Waals surface area contributed by atoms with Crippen LogP contribution in [0.4, 0.5) is 4.39 Å². The Labute approximate surface area is 140 Å². The summed E-state index contributed by atoms with van der Waals surface area (Å²) in [5, 5.41) is 4.29. The number of aromatic nitrogens is 3. The molecular formula is C18H12FN3OS. The molecule has 0 atom stereocenters. The van der Waals surface area contributed by atoms with Gasteiger partial charge < -0.3 is 0 Å². The van der Waals surface area contributed by atoms with Gasteiger partial charge in [-0.05, 0) is 19.1 Å². The van der Waals surface area contributed by atoms with Gasteiger partial charge in [-0.1, -0.05) is 59.4 Å². The van der Waals surface area contributed by atoms with Crippen LogP contribution in [0.25, 0.3) is 22.4 Å². The van der Waals surface area contributed by atoms with E-state index < -0.39 is 0 Å². The SMILES string of the molecule is Cc1ccc(-c2nc3s/c(=C\c4ccccc4F)c(=O)n3n2)cc1. The smallest absolute Gasteiger partial charge is 0.266 e. The molecule has 0 saturated heterocycles. The molecule has 0 radical (unpaired) electrons. The average Bonchev–Trinajstić information content (AvgIpc) is 3.11. The first-order valence-corrected chi connectivity index (χ1v) is 8.16. The molecule has 0 amide bonds. The zero-order valence-electron chi connectivity index (χ0n) is 12.7. The maximum Gasteiger partial charge on any atom is 0.291 e. The summed E-state index contributed by atoms with van der Waals surface area (Å²) >= 11 is 1.20. The number of benzene rings is 2. The van der Waals surface area contributed by atoms with Crippen molar-refractivity contribution in [2.45, 2.75) is 6.92 Å². The fourth-order valence-electron chi connectivity index (χ4n) is 2.39. The van der Waals surface area contributed by atoms with Crippen molar-refractivity contribution in [3.05, 3.63) is 80.4 Å². The maximum atomic E-state index is 13.7. The minimum Gasteiger partial charge on any atom is -0.266 e. The van der Waals surface area contributed by atoms with Crippen molar-refractivity contribution in [3.8, 4) is 11.4 Å². The number of rotatable bonds is 2. The van der Waals surface area contributed by atoms with Crippen LogP contribution in [0.2, 0.25) is 0 Å². The van der Waals surface area contributed by atoms with E-state index in [-0.39, 0.29) is 11.4 Å². The highest BCUT2D eigenvalue weighted by Crippen LogP contribution is 2.17. The van der Waals surface area contributed by atoms with Gasteiger partial charge in [-0.15, -0.1) is 5.10 Å². The Morgan fingerprint density at radius 2 is 1.88 bits per heavy atom. The molecule has 0 saturated carbocycles. The Morgan fingerprint density at radius 3 is 2.58 bits per heavy atom. The van der Waals surface area contributed by atoms with E-state index in [4.69, 9.17) is 0 Å². The lowest BCUT2D eigenvalue weighted by Gasteiger charge is -1.95. The van der Waals surface area contributed by atoms with Crippen molar-refractivity contribution in [1.82, 2.24) is 14.6 Å². The number of thiazole rings is 1. The maximum absolute atomic E-state index is 13.7. The van der Waals surface area contributed by atoms with Crippen molar-refractivity contribution in [1.29, 1.82) is 0 Å². The topological polar surface area (TPSA) is 47.3 Å². The predicted molar refractivity (Wildman–Crippen MR) is 92.5 cm³/mol. The van der Waals surface area contributed by atoms with Gasteiger partial charge in [0.05, 0.1) is 4.53 Å². The van der Waals surface area contributed by atoms with E-state index >= 15 is 0 Å². The fourth-order valence-corrected chi connectivity index (χ4v) is 3.29. The van der Waals surface area contributed by atoms with Crippen LogP contribution in [-0.2, 0) is 0 Å². The first kappa shape index (κ1) is 14.7. The summed E-state index contributed by atoms with van der Waals surface area (Å²) in [5.41, 5.74) is 2.09. The van der Waals surface area contributed by atoms with Crippen LogP contribution in [0.15, 0.2) is 53.3 Å². The Kier molecular flexibility index (Phi) is 3.46. The Bertz CT molecular complexity index is 1150. The monoisotopic (exact) mass is 337 g/mol. The molecular weight excluding hydrogens is 325 g/mol. The van der Waals surface area contributed by atoms with Gasteiger partial charge in [-0.25, -0.2) is 4.39 Å². The lowest BCUT2D eigenvalue weighted by Crippen LogP contribution is -2.23. The number of fused-ring (bicyclic) bond motifs is 1. The zero-order valence-corrected chi connectivity index (χ0v) is 13.5. The van der Waals surface area contributed by atoms with Gasteiger partial charge in [0.2, 0.25) is 4.96 Å². The largest absolute Gasteiger partial charge is 0.291 e. The minimum atomic E-state index is -0.365. The summed E-state index contributed by atoms with van der Waals surface area (Å²) in [5.74, 6) is 0.145.